The lowest BCUT2D eigenvalue weighted by atomic mass is 9.72. The first-order valence-corrected chi connectivity index (χ1v) is 12.7. The van der Waals surface area contributed by atoms with Crippen molar-refractivity contribution in [1.82, 2.24) is 30.0 Å². The highest BCUT2D eigenvalue weighted by Gasteiger charge is 2.52. The molecule has 2 saturated carbocycles. The molecule has 4 N–H and O–H groups in total. The number of hydrogen-bond donors (Lipinski definition) is 3. The smallest absolute Gasteiger partial charge is 0.251 e. The zero-order valence-electron chi connectivity index (χ0n) is 21.4. The van der Waals surface area contributed by atoms with Gasteiger partial charge in [0.15, 0.2) is 5.82 Å². The third-order valence-electron chi connectivity index (χ3n) is 7.40. The van der Waals surface area contributed by atoms with Crippen molar-refractivity contribution in [3.8, 4) is 5.75 Å². The summed E-state index contributed by atoms with van der Waals surface area (Å²) >= 11 is 0. The molecule has 1 aromatic carbocycles. The van der Waals surface area contributed by atoms with Gasteiger partial charge in [0.05, 0.1) is 19.9 Å². The van der Waals surface area contributed by atoms with E-state index >= 15 is 0 Å². The highest BCUT2D eigenvalue weighted by atomic mass is 16.5. The van der Waals surface area contributed by atoms with E-state index in [0.29, 0.717) is 47.1 Å². The Morgan fingerprint density at radius 2 is 2.08 bits per heavy atom. The van der Waals surface area contributed by atoms with Crippen molar-refractivity contribution in [2.45, 2.75) is 38.6 Å². The fourth-order valence-corrected chi connectivity index (χ4v) is 5.27. The van der Waals surface area contributed by atoms with Gasteiger partial charge in [0.1, 0.15) is 16.8 Å². The van der Waals surface area contributed by atoms with E-state index in [1.54, 1.807) is 19.4 Å². The number of aromatic nitrogens is 4. The lowest BCUT2D eigenvalue weighted by molar-refractivity contribution is 0.0952. The highest BCUT2D eigenvalue weighted by Crippen LogP contribution is 2.63. The fourth-order valence-electron chi connectivity index (χ4n) is 5.27. The van der Waals surface area contributed by atoms with Crippen LogP contribution in [-0.2, 0) is 6.54 Å². The Bertz CT molecular complexity index is 1240. The van der Waals surface area contributed by atoms with Gasteiger partial charge in [-0.3, -0.25) is 9.48 Å². The number of nitrogen functional groups attached to an aromatic ring is 1. The number of carbonyl (C=O) groups excluding carboxylic acids is 1. The molecular formula is C26H36N8O2. The molecule has 1 amide bonds. The molecule has 0 atom stereocenters. The minimum atomic E-state index is -0.109. The predicted octanol–water partition coefficient (Wildman–Crippen LogP) is 2.75. The number of hydrogen-bond acceptors (Lipinski definition) is 8. The second-order valence-electron chi connectivity index (χ2n) is 10.6. The molecule has 10 heteroatoms. The summed E-state index contributed by atoms with van der Waals surface area (Å²) in [5.41, 5.74) is 9.64. The number of rotatable bonds is 11. The second-order valence-corrected chi connectivity index (χ2v) is 10.6. The van der Waals surface area contributed by atoms with Crippen LogP contribution in [0.4, 0.5) is 11.8 Å². The van der Waals surface area contributed by atoms with Gasteiger partial charge in [-0.25, -0.2) is 4.98 Å². The van der Waals surface area contributed by atoms with Gasteiger partial charge in [-0.2, -0.15) is 10.1 Å². The standard InChI is InChI=1S/C26H36N8O2/c1-33(2)10-4-9-28-24(35)18-5-6-19(21(11-18)36-3)16-34-22-20(15-30-34)31-25(27)32-23(22)29-14-17-12-26(13-17)7-8-26/h5-6,11,15,17H,4,7-10,12-14,16H2,1-3H3,(H,28,35)(H3,27,29,31,32). The minimum absolute atomic E-state index is 0.109. The van der Waals surface area contributed by atoms with E-state index in [2.05, 4.69) is 30.6 Å². The van der Waals surface area contributed by atoms with Crippen molar-refractivity contribution in [2.24, 2.45) is 11.3 Å². The number of methoxy groups -OCH3 is 1. The van der Waals surface area contributed by atoms with Crippen LogP contribution in [0.25, 0.3) is 11.0 Å². The maximum atomic E-state index is 12.6. The van der Waals surface area contributed by atoms with Crippen LogP contribution in [0, 0.1) is 11.3 Å². The number of fused-ring (bicyclic) bond motifs is 1. The van der Waals surface area contributed by atoms with Gasteiger partial charge in [0, 0.05) is 24.2 Å². The molecule has 2 heterocycles. The zero-order valence-corrected chi connectivity index (χ0v) is 21.4. The van der Waals surface area contributed by atoms with Crippen LogP contribution in [0.2, 0.25) is 0 Å². The molecule has 3 aromatic rings. The molecule has 2 aromatic heterocycles. The molecule has 192 valence electrons. The van der Waals surface area contributed by atoms with Crippen molar-refractivity contribution >= 4 is 28.7 Å². The van der Waals surface area contributed by atoms with Gasteiger partial charge in [-0.15, -0.1) is 0 Å². The molecule has 0 aliphatic heterocycles. The topological polar surface area (TPSA) is 123 Å². The van der Waals surface area contributed by atoms with E-state index in [9.17, 15) is 4.79 Å². The van der Waals surface area contributed by atoms with Crippen LogP contribution < -0.4 is 21.1 Å². The third-order valence-corrected chi connectivity index (χ3v) is 7.40. The molecule has 2 aliphatic rings. The molecule has 0 bridgehead atoms. The highest BCUT2D eigenvalue weighted by molar-refractivity contribution is 5.94. The van der Waals surface area contributed by atoms with Gasteiger partial charge in [0.2, 0.25) is 5.95 Å². The van der Waals surface area contributed by atoms with Crippen molar-refractivity contribution in [3.05, 3.63) is 35.5 Å². The summed E-state index contributed by atoms with van der Waals surface area (Å²) in [6.07, 6.45) is 7.99. The lowest BCUT2D eigenvalue weighted by Crippen LogP contribution is -2.31. The largest absolute Gasteiger partial charge is 0.496 e. The van der Waals surface area contributed by atoms with E-state index in [1.165, 1.54) is 25.7 Å². The van der Waals surface area contributed by atoms with Crippen LogP contribution in [0.3, 0.4) is 0 Å². The molecule has 1 spiro atoms. The molecule has 0 saturated heterocycles. The molecule has 5 rings (SSSR count). The Morgan fingerprint density at radius 1 is 1.28 bits per heavy atom. The maximum absolute atomic E-state index is 12.6. The normalized spacial score (nSPS) is 16.3. The first kappa shape index (κ1) is 24.3. The zero-order chi connectivity index (χ0) is 25.3. The number of anilines is 2. The van der Waals surface area contributed by atoms with Gasteiger partial charge < -0.3 is 26.0 Å². The first-order chi connectivity index (χ1) is 17.4. The van der Waals surface area contributed by atoms with Crippen molar-refractivity contribution < 1.29 is 9.53 Å². The molecule has 0 radical (unpaired) electrons. The van der Waals surface area contributed by atoms with Crippen LogP contribution in [-0.4, -0.2) is 71.4 Å². The average Bonchev–Trinajstić information content (AvgIpc) is 3.54. The summed E-state index contributed by atoms with van der Waals surface area (Å²) < 4.78 is 7.50. The average molecular weight is 493 g/mol. The Hall–Kier alpha value is -3.40. The number of amides is 1. The number of benzene rings is 1. The third kappa shape index (κ3) is 5.23. The van der Waals surface area contributed by atoms with Crippen LogP contribution in [0.15, 0.2) is 24.4 Å². The molecule has 10 nitrogen and oxygen atoms in total. The first-order valence-electron chi connectivity index (χ1n) is 12.7. The quantitative estimate of drug-likeness (QED) is 0.349. The second kappa shape index (κ2) is 9.93. The SMILES string of the molecule is COc1cc(C(=O)NCCCN(C)C)ccc1Cn1ncc2nc(N)nc(NCC3CC4(CC4)C3)c21. The van der Waals surface area contributed by atoms with E-state index < -0.39 is 0 Å². The van der Waals surface area contributed by atoms with Crippen molar-refractivity contribution in [2.75, 3.05) is 51.9 Å². The molecule has 0 unspecified atom stereocenters. The summed E-state index contributed by atoms with van der Waals surface area (Å²) in [6, 6.07) is 5.51. The summed E-state index contributed by atoms with van der Waals surface area (Å²) in [7, 11) is 5.65. The minimum Gasteiger partial charge on any atom is -0.496 e. The summed E-state index contributed by atoms with van der Waals surface area (Å²) in [4.78, 5) is 23.6. The Balaban J connectivity index is 1.30. The van der Waals surface area contributed by atoms with Gasteiger partial charge >= 0.3 is 0 Å². The van der Waals surface area contributed by atoms with Crippen LogP contribution in [0.5, 0.6) is 5.75 Å². The van der Waals surface area contributed by atoms with E-state index in [-0.39, 0.29) is 11.9 Å². The van der Waals surface area contributed by atoms with Gasteiger partial charge in [0.25, 0.3) is 5.91 Å². The summed E-state index contributed by atoms with van der Waals surface area (Å²) in [5.74, 6) is 2.14. The van der Waals surface area contributed by atoms with Gasteiger partial charge in [-0.05, 0) is 76.2 Å². The molecule has 2 fully saturated rings. The number of nitrogens with two attached hydrogens (primary N) is 1. The van der Waals surface area contributed by atoms with Crippen LogP contribution >= 0.6 is 0 Å². The van der Waals surface area contributed by atoms with E-state index in [0.717, 1.165) is 30.6 Å². The number of ether oxygens (including phenoxy) is 1. The summed E-state index contributed by atoms with van der Waals surface area (Å²) in [5, 5.41) is 11.1. The Morgan fingerprint density at radius 3 is 2.81 bits per heavy atom. The molecule has 36 heavy (non-hydrogen) atoms. The predicted molar refractivity (Wildman–Crippen MR) is 140 cm³/mol. The monoisotopic (exact) mass is 492 g/mol. The number of nitrogens with zero attached hydrogens (tertiary/aromatic N) is 5. The number of nitrogens with one attached hydrogen (secondary N) is 2. The summed E-state index contributed by atoms with van der Waals surface area (Å²) in [6.45, 7) is 2.88. The molecular weight excluding hydrogens is 456 g/mol. The van der Waals surface area contributed by atoms with Crippen LogP contribution in [0.1, 0.15) is 48.0 Å². The molecule has 2 aliphatic carbocycles. The Labute approximate surface area is 211 Å². The van der Waals surface area contributed by atoms with Crippen molar-refractivity contribution in [3.63, 3.8) is 0 Å². The number of carbonyl (C=O) groups is 1. The Kier molecular flexibility index (Phi) is 6.70. The van der Waals surface area contributed by atoms with E-state index in [4.69, 9.17) is 10.5 Å². The van der Waals surface area contributed by atoms with E-state index in [1.807, 2.05) is 30.9 Å². The lowest BCUT2D eigenvalue weighted by Gasteiger charge is -2.36. The fraction of sp³-hybridized carbons (Fsp3) is 0.538. The van der Waals surface area contributed by atoms with Crippen molar-refractivity contribution in [1.29, 1.82) is 0 Å². The van der Waals surface area contributed by atoms with Gasteiger partial charge in [-0.1, -0.05) is 6.07 Å². The maximum Gasteiger partial charge on any atom is 0.251 e.